The highest BCUT2D eigenvalue weighted by Crippen LogP contribution is 2.22. The minimum absolute atomic E-state index is 0.249. The molecule has 1 amide bonds. The summed E-state index contributed by atoms with van der Waals surface area (Å²) in [6.45, 7) is 2.99. The zero-order chi connectivity index (χ0) is 16.7. The molecule has 0 bridgehead atoms. The van der Waals surface area contributed by atoms with Gasteiger partial charge < -0.3 is 14.9 Å². The number of benzene rings is 2. The Morgan fingerprint density at radius 3 is 2.83 bits per heavy atom. The Hall–Kier alpha value is -3.08. The van der Waals surface area contributed by atoms with Gasteiger partial charge in [0.15, 0.2) is 0 Å². The number of anilines is 1. The molecular formula is C19H16FN3O. The van der Waals surface area contributed by atoms with Gasteiger partial charge in [0.1, 0.15) is 11.5 Å². The molecule has 0 saturated carbocycles. The molecule has 0 aliphatic rings. The molecule has 0 spiro atoms. The van der Waals surface area contributed by atoms with E-state index in [4.69, 9.17) is 0 Å². The largest absolute Gasteiger partial charge is 0.351 e. The molecule has 0 aliphatic heterocycles. The van der Waals surface area contributed by atoms with Crippen molar-refractivity contribution >= 4 is 33.4 Å². The van der Waals surface area contributed by atoms with Crippen LogP contribution in [0.25, 0.3) is 21.8 Å². The lowest BCUT2D eigenvalue weighted by molar-refractivity contribution is 0.102. The van der Waals surface area contributed by atoms with Gasteiger partial charge in [0.25, 0.3) is 5.91 Å². The molecule has 0 saturated heterocycles. The van der Waals surface area contributed by atoms with E-state index in [1.165, 1.54) is 12.1 Å². The number of aromatic nitrogens is 2. The van der Waals surface area contributed by atoms with Crippen LogP contribution < -0.4 is 5.32 Å². The Kier molecular flexibility index (Phi) is 3.34. The lowest BCUT2D eigenvalue weighted by Crippen LogP contribution is -2.12. The van der Waals surface area contributed by atoms with Crippen LogP contribution in [0, 0.1) is 5.82 Å². The third-order valence-electron chi connectivity index (χ3n) is 4.20. The topological polar surface area (TPSA) is 49.8 Å². The van der Waals surface area contributed by atoms with E-state index in [9.17, 15) is 9.18 Å². The number of carbonyl (C=O) groups excluding carboxylic acids is 1. The van der Waals surface area contributed by atoms with E-state index >= 15 is 0 Å². The first-order valence-electron chi connectivity index (χ1n) is 7.82. The third-order valence-corrected chi connectivity index (χ3v) is 4.20. The summed E-state index contributed by atoms with van der Waals surface area (Å²) >= 11 is 0. The van der Waals surface area contributed by atoms with Crippen LogP contribution in [-0.4, -0.2) is 15.5 Å². The summed E-state index contributed by atoms with van der Waals surface area (Å²) in [5.74, 6) is -0.569. The van der Waals surface area contributed by atoms with Crippen molar-refractivity contribution < 1.29 is 9.18 Å². The van der Waals surface area contributed by atoms with Crippen molar-refractivity contribution in [1.29, 1.82) is 0 Å². The van der Waals surface area contributed by atoms with Gasteiger partial charge in [0.2, 0.25) is 0 Å². The maximum atomic E-state index is 13.3. The van der Waals surface area contributed by atoms with Gasteiger partial charge in [-0.05, 0) is 55.5 Å². The Labute approximate surface area is 137 Å². The highest BCUT2D eigenvalue weighted by atomic mass is 19.1. The molecule has 2 aromatic heterocycles. The fraction of sp³-hybridized carbons (Fsp3) is 0.105. The first-order valence-corrected chi connectivity index (χ1v) is 7.82. The van der Waals surface area contributed by atoms with Crippen LogP contribution in [0.1, 0.15) is 17.4 Å². The van der Waals surface area contributed by atoms with Crippen LogP contribution in [0.15, 0.2) is 54.7 Å². The molecule has 2 aromatic carbocycles. The summed E-state index contributed by atoms with van der Waals surface area (Å²) in [7, 11) is 0. The van der Waals surface area contributed by atoms with Crippen molar-refractivity contribution in [3.05, 3.63) is 66.2 Å². The molecular weight excluding hydrogens is 305 g/mol. The summed E-state index contributed by atoms with van der Waals surface area (Å²) in [4.78, 5) is 15.4. The number of aryl methyl sites for hydroxylation is 1. The summed E-state index contributed by atoms with van der Waals surface area (Å²) < 4.78 is 15.4. The minimum Gasteiger partial charge on any atom is -0.351 e. The summed E-state index contributed by atoms with van der Waals surface area (Å²) in [5, 5.41) is 4.63. The van der Waals surface area contributed by atoms with Crippen LogP contribution in [0.4, 0.5) is 10.1 Å². The number of halogens is 1. The van der Waals surface area contributed by atoms with E-state index in [1.54, 1.807) is 12.1 Å². The molecule has 0 radical (unpaired) electrons. The van der Waals surface area contributed by atoms with Crippen LogP contribution >= 0.6 is 0 Å². The monoisotopic (exact) mass is 321 g/mol. The Morgan fingerprint density at radius 2 is 2.00 bits per heavy atom. The molecule has 4 aromatic rings. The molecule has 0 unspecified atom stereocenters. The molecule has 4 nitrogen and oxygen atoms in total. The Bertz CT molecular complexity index is 1060. The van der Waals surface area contributed by atoms with Crippen LogP contribution in [0.5, 0.6) is 0 Å². The number of hydrogen-bond acceptors (Lipinski definition) is 1. The number of nitrogens with one attached hydrogen (secondary N) is 2. The molecule has 0 atom stereocenters. The first kappa shape index (κ1) is 14.5. The van der Waals surface area contributed by atoms with Crippen LogP contribution in [0.3, 0.4) is 0 Å². The lowest BCUT2D eigenvalue weighted by Gasteiger charge is -2.05. The third kappa shape index (κ3) is 2.44. The van der Waals surface area contributed by atoms with Gasteiger partial charge in [0.05, 0.1) is 0 Å². The number of rotatable bonds is 3. The molecule has 0 aliphatic carbocycles. The first-order chi connectivity index (χ1) is 11.6. The number of hydrogen-bond donors (Lipinski definition) is 2. The SMILES string of the molecule is CCn1ccc2cc(NC(=O)c3cc4cc(F)ccc4[nH]3)ccc21. The van der Waals surface area contributed by atoms with Gasteiger partial charge in [-0.25, -0.2) is 4.39 Å². The van der Waals surface area contributed by atoms with Gasteiger partial charge in [-0.15, -0.1) is 0 Å². The van der Waals surface area contributed by atoms with Crippen molar-refractivity contribution in [2.45, 2.75) is 13.5 Å². The van der Waals surface area contributed by atoms with E-state index < -0.39 is 0 Å². The van der Waals surface area contributed by atoms with Crippen molar-refractivity contribution in [3.8, 4) is 0 Å². The quantitative estimate of drug-likeness (QED) is 0.572. The van der Waals surface area contributed by atoms with Crippen LogP contribution in [0.2, 0.25) is 0 Å². The zero-order valence-corrected chi connectivity index (χ0v) is 13.1. The van der Waals surface area contributed by atoms with E-state index in [-0.39, 0.29) is 11.7 Å². The molecule has 2 N–H and O–H groups in total. The van der Waals surface area contributed by atoms with Gasteiger partial charge in [-0.2, -0.15) is 0 Å². The van der Waals surface area contributed by atoms with Crippen LogP contribution in [-0.2, 0) is 6.54 Å². The van der Waals surface area contributed by atoms with Gasteiger partial charge >= 0.3 is 0 Å². The highest BCUT2D eigenvalue weighted by molar-refractivity contribution is 6.06. The molecule has 5 heteroatoms. The van der Waals surface area contributed by atoms with Crippen molar-refractivity contribution in [3.63, 3.8) is 0 Å². The molecule has 120 valence electrons. The van der Waals surface area contributed by atoms with Crippen molar-refractivity contribution in [1.82, 2.24) is 9.55 Å². The second-order valence-electron chi connectivity index (χ2n) is 5.74. The lowest BCUT2D eigenvalue weighted by atomic mass is 10.2. The number of carbonyl (C=O) groups is 1. The molecule has 0 fully saturated rings. The summed E-state index contributed by atoms with van der Waals surface area (Å²) in [5.41, 5.74) is 3.00. The molecule has 24 heavy (non-hydrogen) atoms. The highest BCUT2D eigenvalue weighted by Gasteiger charge is 2.11. The summed E-state index contributed by atoms with van der Waals surface area (Å²) in [6.07, 6.45) is 2.03. The fourth-order valence-corrected chi connectivity index (χ4v) is 2.98. The van der Waals surface area contributed by atoms with E-state index in [2.05, 4.69) is 21.8 Å². The average Bonchev–Trinajstić information content (AvgIpc) is 3.17. The van der Waals surface area contributed by atoms with Crippen molar-refractivity contribution in [2.75, 3.05) is 5.32 Å². The smallest absolute Gasteiger partial charge is 0.272 e. The maximum absolute atomic E-state index is 13.3. The Balaban J connectivity index is 1.62. The van der Waals surface area contributed by atoms with E-state index in [0.29, 0.717) is 11.1 Å². The van der Waals surface area contributed by atoms with Crippen molar-refractivity contribution in [2.24, 2.45) is 0 Å². The second-order valence-corrected chi connectivity index (χ2v) is 5.74. The molecule has 2 heterocycles. The number of amides is 1. The number of fused-ring (bicyclic) bond motifs is 2. The minimum atomic E-state index is -0.320. The zero-order valence-electron chi connectivity index (χ0n) is 13.1. The maximum Gasteiger partial charge on any atom is 0.272 e. The standard InChI is InChI=1S/C19H16FN3O/c1-2-23-8-7-12-10-15(4-6-18(12)23)21-19(24)17-11-13-9-14(20)3-5-16(13)22-17/h3-11,22H,2H2,1H3,(H,21,24). The fourth-order valence-electron chi connectivity index (χ4n) is 2.98. The van der Waals surface area contributed by atoms with E-state index in [0.717, 1.165) is 28.7 Å². The Morgan fingerprint density at radius 1 is 1.12 bits per heavy atom. The number of aromatic amines is 1. The van der Waals surface area contributed by atoms with E-state index in [1.807, 2.05) is 30.5 Å². The number of H-pyrrole nitrogens is 1. The number of nitrogens with zero attached hydrogens (tertiary/aromatic N) is 1. The predicted molar refractivity (Wildman–Crippen MR) is 93.8 cm³/mol. The van der Waals surface area contributed by atoms with Gasteiger partial charge in [0, 0.05) is 40.2 Å². The van der Waals surface area contributed by atoms with Gasteiger partial charge in [-0.1, -0.05) is 0 Å². The second kappa shape index (κ2) is 5.53. The normalized spacial score (nSPS) is 11.2. The predicted octanol–water partition coefficient (Wildman–Crippen LogP) is 4.53. The summed E-state index contributed by atoms with van der Waals surface area (Å²) in [6, 6.07) is 13.9. The average molecular weight is 321 g/mol. The van der Waals surface area contributed by atoms with Gasteiger partial charge in [-0.3, -0.25) is 4.79 Å². The molecule has 4 rings (SSSR count).